The number of amides is 1. The summed E-state index contributed by atoms with van der Waals surface area (Å²) in [5.74, 6) is 2.16. The summed E-state index contributed by atoms with van der Waals surface area (Å²) in [5, 5.41) is 15.9. The molecule has 1 atom stereocenters. The van der Waals surface area contributed by atoms with Crippen LogP contribution in [0.25, 0.3) is 11.4 Å². The SMILES string of the molecule is Cc1occc1-c1nnc(SCC(=O)N2N=C(c3ccc(Cl)cc3)C[C@H]2c2ccco2)n1C. The molecule has 0 fully saturated rings. The van der Waals surface area contributed by atoms with Gasteiger partial charge in [-0.15, -0.1) is 10.2 Å². The van der Waals surface area contributed by atoms with Gasteiger partial charge in [-0.2, -0.15) is 5.10 Å². The van der Waals surface area contributed by atoms with Crippen LogP contribution in [-0.4, -0.2) is 37.1 Å². The second-order valence-corrected chi connectivity index (χ2v) is 8.95. The number of thioether (sulfide) groups is 1. The Kier molecular flexibility index (Phi) is 5.82. The lowest BCUT2D eigenvalue weighted by Gasteiger charge is -2.19. The van der Waals surface area contributed by atoms with Crippen molar-refractivity contribution >= 4 is 35.0 Å². The van der Waals surface area contributed by atoms with Gasteiger partial charge in [0.2, 0.25) is 0 Å². The number of hydrazone groups is 1. The molecule has 168 valence electrons. The zero-order chi connectivity index (χ0) is 22.9. The highest BCUT2D eigenvalue weighted by molar-refractivity contribution is 7.99. The first-order chi connectivity index (χ1) is 16.0. The molecule has 8 nitrogen and oxygen atoms in total. The van der Waals surface area contributed by atoms with Crippen molar-refractivity contribution in [3.8, 4) is 11.4 Å². The normalized spacial score (nSPS) is 15.8. The van der Waals surface area contributed by atoms with Crippen molar-refractivity contribution in [1.82, 2.24) is 19.8 Å². The van der Waals surface area contributed by atoms with E-state index < -0.39 is 0 Å². The minimum Gasteiger partial charge on any atom is -0.469 e. The van der Waals surface area contributed by atoms with Crippen molar-refractivity contribution in [2.45, 2.75) is 24.5 Å². The van der Waals surface area contributed by atoms with Crippen LogP contribution in [0.4, 0.5) is 0 Å². The summed E-state index contributed by atoms with van der Waals surface area (Å²) >= 11 is 7.34. The molecule has 0 bridgehead atoms. The molecular weight excluding hydrogens is 462 g/mol. The number of aryl methyl sites for hydroxylation is 1. The number of aromatic nitrogens is 3. The van der Waals surface area contributed by atoms with Gasteiger partial charge in [-0.1, -0.05) is 35.5 Å². The molecule has 1 amide bonds. The first-order valence-corrected chi connectivity index (χ1v) is 11.6. The highest BCUT2D eigenvalue weighted by atomic mass is 35.5. The van der Waals surface area contributed by atoms with Crippen LogP contribution in [0.5, 0.6) is 0 Å². The van der Waals surface area contributed by atoms with Crippen molar-refractivity contribution in [3.05, 3.63) is 77.1 Å². The molecule has 33 heavy (non-hydrogen) atoms. The fourth-order valence-electron chi connectivity index (χ4n) is 3.74. The number of hydrogen-bond donors (Lipinski definition) is 0. The van der Waals surface area contributed by atoms with Crippen molar-refractivity contribution in [2.75, 3.05) is 5.75 Å². The van der Waals surface area contributed by atoms with Gasteiger partial charge in [0.1, 0.15) is 17.6 Å². The minimum atomic E-state index is -0.303. The van der Waals surface area contributed by atoms with Crippen LogP contribution in [0.15, 0.2) is 74.1 Å². The quantitative estimate of drug-likeness (QED) is 0.356. The molecule has 5 rings (SSSR count). The molecular formula is C23H20ClN5O3S. The van der Waals surface area contributed by atoms with Crippen molar-refractivity contribution in [3.63, 3.8) is 0 Å². The number of hydrogen-bond acceptors (Lipinski definition) is 7. The van der Waals surface area contributed by atoms with Crippen molar-refractivity contribution < 1.29 is 13.6 Å². The van der Waals surface area contributed by atoms with Crippen molar-refractivity contribution in [1.29, 1.82) is 0 Å². The third kappa shape index (κ3) is 4.21. The Hall–Kier alpha value is -3.30. The van der Waals surface area contributed by atoms with Gasteiger partial charge in [-0.05, 0) is 42.8 Å². The van der Waals surface area contributed by atoms with E-state index in [-0.39, 0.29) is 17.7 Å². The first kappa shape index (κ1) is 21.5. The summed E-state index contributed by atoms with van der Waals surface area (Å²) in [7, 11) is 1.87. The summed E-state index contributed by atoms with van der Waals surface area (Å²) in [6.07, 6.45) is 3.78. The van der Waals surface area contributed by atoms with Crippen molar-refractivity contribution in [2.24, 2.45) is 12.1 Å². The summed E-state index contributed by atoms with van der Waals surface area (Å²) in [6, 6.07) is 12.7. The Bertz CT molecular complexity index is 1310. The van der Waals surface area contributed by atoms with Crippen LogP contribution in [-0.2, 0) is 11.8 Å². The number of rotatable bonds is 6. The van der Waals surface area contributed by atoms with Gasteiger partial charge in [0.15, 0.2) is 11.0 Å². The molecule has 3 aromatic heterocycles. The van der Waals surface area contributed by atoms with E-state index in [2.05, 4.69) is 15.3 Å². The predicted molar refractivity (Wildman–Crippen MR) is 125 cm³/mol. The molecule has 0 radical (unpaired) electrons. The van der Waals surface area contributed by atoms with E-state index in [1.165, 1.54) is 16.8 Å². The molecule has 0 unspecified atom stereocenters. The maximum absolute atomic E-state index is 13.2. The Morgan fingerprint density at radius 1 is 1.15 bits per heavy atom. The fraction of sp³-hybridized carbons (Fsp3) is 0.217. The lowest BCUT2D eigenvalue weighted by Crippen LogP contribution is -2.28. The van der Waals surface area contributed by atoms with Crippen LogP contribution in [0.1, 0.15) is 29.5 Å². The summed E-state index contributed by atoms with van der Waals surface area (Å²) in [4.78, 5) is 13.2. The summed E-state index contributed by atoms with van der Waals surface area (Å²) in [6.45, 7) is 1.87. The Balaban J connectivity index is 1.35. The summed E-state index contributed by atoms with van der Waals surface area (Å²) < 4.78 is 12.8. The Morgan fingerprint density at radius 2 is 1.97 bits per heavy atom. The molecule has 1 aromatic carbocycles. The van der Waals surface area contributed by atoms with Crippen LogP contribution in [0, 0.1) is 6.92 Å². The molecule has 0 saturated carbocycles. The van der Waals surface area contributed by atoms with E-state index >= 15 is 0 Å². The average Bonchev–Trinajstić information content (AvgIpc) is 3.60. The van der Waals surface area contributed by atoms with E-state index in [0.29, 0.717) is 28.2 Å². The Labute approximate surface area is 199 Å². The largest absolute Gasteiger partial charge is 0.469 e. The number of benzene rings is 1. The van der Waals surface area contributed by atoms with Crippen LogP contribution in [0.3, 0.4) is 0 Å². The van der Waals surface area contributed by atoms with Gasteiger partial charge in [0.25, 0.3) is 5.91 Å². The number of furan rings is 2. The Morgan fingerprint density at radius 3 is 2.67 bits per heavy atom. The van der Waals surface area contributed by atoms with Crippen LogP contribution < -0.4 is 0 Å². The molecule has 0 spiro atoms. The highest BCUT2D eigenvalue weighted by Gasteiger charge is 2.35. The zero-order valence-corrected chi connectivity index (χ0v) is 19.5. The lowest BCUT2D eigenvalue weighted by atomic mass is 10.0. The van der Waals surface area contributed by atoms with Crippen LogP contribution in [0.2, 0.25) is 5.02 Å². The van der Waals surface area contributed by atoms with E-state index in [1.807, 2.05) is 61.0 Å². The van der Waals surface area contributed by atoms with Gasteiger partial charge in [-0.3, -0.25) is 4.79 Å². The monoisotopic (exact) mass is 481 g/mol. The molecule has 10 heteroatoms. The second kappa shape index (κ2) is 8.92. The molecule has 0 N–H and O–H groups in total. The molecule has 1 aliphatic rings. The predicted octanol–water partition coefficient (Wildman–Crippen LogP) is 5.10. The molecule has 4 aromatic rings. The third-order valence-electron chi connectivity index (χ3n) is 5.47. The first-order valence-electron chi connectivity index (χ1n) is 10.3. The number of halogens is 1. The second-order valence-electron chi connectivity index (χ2n) is 7.57. The summed E-state index contributed by atoms with van der Waals surface area (Å²) in [5.41, 5.74) is 2.60. The van der Waals surface area contributed by atoms with E-state index in [1.54, 1.807) is 12.5 Å². The van der Waals surface area contributed by atoms with Gasteiger partial charge < -0.3 is 13.4 Å². The number of carbonyl (C=O) groups excluding carboxylic acids is 1. The average molecular weight is 482 g/mol. The lowest BCUT2D eigenvalue weighted by molar-refractivity contribution is -0.130. The van der Waals surface area contributed by atoms with E-state index in [9.17, 15) is 4.79 Å². The highest BCUT2D eigenvalue weighted by Crippen LogP contribution is 2.34. The smallest absolute Gasteiger partial charge is 0.253 e. The van der Waals surface area contributed by atoms with Gasteiger partial charge in [-0.25, -0.2) is 5.01 Å². The number of carbonyl (C=O) groups is 1. The molecule has 4 heterocycles. The van der Waals surface area contributed by atoms with Gasteiger partial charge >= 0.3 is 0 Å². The topological polar surface area (TPSA) is 89.7 Å². The maximum atomic E-state index is 13.2. The van der Waals surface area contributed by atoms with E-state index in [4.69, 9.17) is 20.4 Å². The third-order valence-corrected chi connectivity index (χ3v) is 6.73. The number of nitrogens with zero attached hydrogens (tertiary/aromatic N) is 5. The van der Waals surface area contributed by atoms with Gasteiger partial charge in [0, 0.05) is 18.5 Å². The molecule has 0 aliphatic carbocycles. The van der Waals surface area contributed by atoms with Crippen LogP contribution >= 0.6 is 23.4 Å². The molecule has 1 aliphatic heterocycles. The maximum Gasteiger partial charge on any atom is 0.253 e. The van der Waals surface area contributed by atoms with Gasteiger partial charge in [0.05, 0.1) is 29.6 Å². The zero-order valence-electron chi connectivity index (χ0n) is 17.9. The minimum absolute atomic E-state index is 0.144. The van der Waals surface area contributed by atoms with E-state index in [0.717, 1.165) is 22.6 Å². The fourth-order valence-corrected chi connectivity index (χ4v) is 4.63. The molecule has 0 saturated heterocycles. The standard InChI is InChI=1S/C23H20ClN5O3S/c1-14-17(9-11-31-14)22-25-26-23(28(22)2)33-13-21(30)29-19(20-4-3-10-32-20)12-18(27-29)15-5-7-16(24)8-6-15/h3-11,19H,12-13H2,1-2H3/t19-/m0/s1.